The molecule has 2 rings (SSSR count). The van der Waals surface area contributed by atoms with E-state index in [-0.39, 0.29) is 36.9 Å². The number of imide groups is 1. The van der Waals surface area contributed by atoms with E-state index in [9.17, 15) is 9.59 Å². The molecule has 0 radical (unpaired) electrons. The van der Waals surface area contributed by atoms with Gasteiger partial charge in [-0.3, -0.25) is 15.0 Å². The van der Waals surface area contributed by atoms with Gasteiger partial charge in [-0.25, -0.2) is 4.79 Å². The number of hydrogen-bond acceptors (Lipinski definition) is 4. The second kappa shape index (κ2) is 9.23. The highest BCUT2D eigenvalue weighted by atomic mass is 35.5. The normalized spacial score (nSPS) is 23.4. The van der Waals surface area contributed by atoms with Crippen LogP contribution in [-0.2, 0) is 4.79 Å². The molecule has 1 saturated carbocycles. The minimum atomic E-state index is -0.350. The number of urea groups is 1. The summed E-state index contributed by atoms with van der Waals surface area (Å²) >= 11 is 0. The second-order valence-corrected chi connectivity index (χ2v) is 5.98. The summed E-state index contributed by atoms with van der Waals surface area (Å²) in [6.45, 7) is 2.70. The molecule has 0 aromatic carbocycles. The molecule has 0 spiro atoms. The molecule has 1 saturated heterocycles. The number of hydrogen-bond donors (Lipinski definition) is 3. The van der Waals surface area contributed by atoms with Crippen LogP contribution in [0.5, 0.6) is 0 Å². The van der Waals surface area contributed by atoms with E-state index in [0.717, 1.165) is 45.2 Å². The number of halogens is 1. The first-order valence-corrected chi connectivity index (χ1v) is 7.70. The van der Waals surface area contributed by atoms with E-state index < -0.39 is 0 Å². The first-order valence-electron chi connectivity index (χ1n) is 7.70. The molecule has 7 heteroatoms. The van der Waals surface area contributed by atoms with E-state index in [1.54, 1.807) is 0 Å². The van der Waals surface area contributed by atoms with Gasteiger partial charge in [-0.2, -0.15) is 0 Å². The van der Waals surface area contributed by atoms with Crippen molar-refractivity contribution in [1.29, 1.82) is 0 Å². The van der Waals surface area contributed by atoms with Crippen LogP contribution in [0.4, 0.5) is 4.79 Å². The molecule has 3 amide bonds. The van der Waals surface area contributed by atoms with Crippen LogP contribution in [0.1, 0.15) is 38.5 Å². The zero-order valence-electron chi connectivity index (χ0n) is 12.5. The maximum atomic E-state index is 11.8. The first kappa shape index (κ1) is 18.2. The Balaban J connectivity index is 0.00000220. The van der Waals surface area contributed by atoms with Gasteiger partial charge in [0, 0.05) is 12.6 Å². The smallest absolute Gasteiger partial charge is 0.321 e. The number of likely N-dealkylation sites (tertiary alicyclic amines) is 1. The minimum Gasteiger partial charge on any atom is -0.335 e. The summed E-state index contributed by atoms with van der Waals surface area (Å²) in [6, 6.07) is -0.124. The second-order valence-electron chi connectivity index (χ2n) is 5.98. The summed E-state index contributed by atoms with van der Waals surface area (Å²) < 4.78 is 0. The van der Waals surface area contributed by atoms with Crippen molar-refractivity contribution >= 4 is 24.3 Å². The van der Waals surface area contributed by atoms with Gasteiger partial charge in [0.2, 0.25) is 5.91 Å². The molecule has 122 valence electrons. The third-order valence-corrected chi connectivity index (χ3v) is 4.26. The topological polar surface area (TPSA) is 87.5 Å². The fourth-order valence-electron chi connectivity index (χ4n) is 3.09. The van der Waals surface area contributed by atoms with Crippen LogP contribution in [0.15, 0.2) is 0 Å². The van der Waals surface area contributed by atoms with Gasteiger partial charge in [-0.15, -0.1) is 12.4 Å². The Hall–Kier alpha value is -0.850. The predicted octanol–water partition coefficient (Wildman–Crippen LogP) is 0.847. The molecule has 0 bridgehead atoms. The molecular formula is C14H27ClN4O2. The van der Waals surface area contributed by atoms with Crippen LogP contribution in [0, 0.1) is 5.92 Å². The van der Waals surface area contributed by atoms with E-state index in [2.05, 4.69) is 15.5 Å². The van der Waals surface area contributed by atoms with E-state index in [0.29, 0.717) is 12.5 Å². The van der Waals surface area contributed by atoms with Crippen molar-refractivity contribution in [2.75, 3.05) is 26.2 Å². The van der Waals surface area contributed by atoms with Crippen molar-refractivity contribution < 1.29 is 9.59 Å². The molecule has 1 aliphatic heterocycles. The molecule has 2 aliphatic rings. The quantitative estimate of drug-likeness (QED) is 0.717. The highest BCUT2D eigenvalue weighted by Crippen LogP contribution is 2.17. The molecule has 1 aliphatic carbocycles. The summed E-state index contributed by atoms with van der Waals surface area (Å²) in [4.78, 5) is 25.6. The molecule has 4 N–H and O–H groups in total. The van der Waals surface area contributed by atoms with E-state index >= 15 is 0 Å². The maximum absolute atomic E-state index is 11.8. The lowest BCUT2D eigenvalue weighted by Gasteiger charge is -2.23. The summed E-state index contributed by atoms with van der Waals surface area (Å²) in [5.41, 5.74) is 5.62. The summed E-state index contributed by atoms with van der Waals surface area (Å²) in [6.07, 6.45) is 6.65. The predicted molar refractivity (Wildman–Crippen MR) is 84.4 cm³/mol. The maximum Gasteiger partial charge on any atom is 0.321 e. The van der Waals surface area contributed by atoms with Crippen LogP contribution in [0.25, 0.3) is 0 Å². The molecular weight excluding hydrogens is 292 g/mol. The lowest BCUT2D eigenvalue weighted by atomic mass is 9.96. The van der Waals surface area contributed by atoms with Crippen LogP contribution in [-0.4, -0.2) is 49.1 Å². The Morgan fingerprint density at radius 3 is 2.48 bits per heavy atom. The molecule has 2 fully saturated rings. The third-order valence-electron chi connectivity index (χ3n) is 4.26. The summed E-state index contributed by atoms with van der Waals surface area (Å²) in [5, 5.41) is 5.31. The molecule has 0 aromatic rings. The Kier molecular flexibility index (Phi) is 8.00. The van der Waals surface area contributed by atoms with Crippen LogP contribution in [0.2, 0.25) is 0 Å². The van der Waals surface area contributed by atoms with Gasteiger partial charge in [-0.1, -0.05) is 19.3 Å². The van der Waals surface area contributed by atoms with Crippen molar-refractivity contribution in [2.24, 2.45) is 11.7 Å². The number of amides is 3. The van der Waals surface area contributed by atoms with E-state index in [4.69, 9.17) is 5.73 Å². The highest BCUT2D eigenvalue weighted by Gasteiger charge is 2.24. The van der Waals surface area contributed by atoms with Crippen LogP contribution in [0.3, 0.4) is 0 Å². The fraction of sp³-hybridized carbons (Fsp3) is 0.857. The van der Waals surface area contributed by atoms with Crippen LogP contribution < -0.4 is 16.4 Å². The molecule has 1 heterocycles. The zero-order chi connectivity index (χ0) is 14.4. The Bertz CT molecular complexity index is 348. The van der Waals surface area contributed by atoms with Crippen molar-refractivity contribution in [3.05, 3.63) is 0 Å². The number of carbonyl (C=O) groups is 2. The summed E-state index contributed by atoms with van der Waals surface area (Å²) in [7, 11) is 0. The van der Waals surface area contributed by atoms with E-state index in [1.807, 2.05) is 0 Å². The van der Waals surface area contributed by atoms with Crippen molar-refractivity contribution in [2.45, 2.75) is 44.6 Å². The first-order chi connectivity index (χ1) is 9.67. The molecule has 1 unspecified atom stereocenters. The number of nitrogens with zero attached hydrogens (tertiary/aromatic N) is 1. The van der Waals surface area contributed by atoms with Gasteiger partial charge < -0.3 is 11.1 Å². The lowest BCUT2D eigenvalue weighted by Crippen LogP contribution is -2.47. The number of carbonyl (C=O) groups excluding carboxylic acids is 2. The van der Waals surface area contributed by atoms with Gasteiger partial charge in [0.15, 0.2) is 0 Å². The Morgan fingerprint density at radius 1 is 1.14 bits per heavy atom. The van der Waals surface area contributed by atoms with Crippen molar-refractivity contribution in [3.63, 3.8) is 0 Å². The minimum absolute atomic E-state index is 0. The lowest BCUT2D eigenvalue weighted by molar-refractivity contribution is -0.120. The van der Waals surface area contributed by atoms with Crippen molar-refractivity contribution in [3.8, 4) is 0 Å². The number of nitrogens with one attached hydrogen (secondary N) is 2. The fourth-order valence-corrected chi connectivity index (χ4v) is 3.09. The molecule has 0 aromatic heterocycles. The van der Waals surface area contributed by atoms with Gasteiger partial charge in [0.1, 0.15) is 0 Å². The largest absolute Gasteiger partial charge is 0.335 e. The Morgan fingerprint density at radius 2 is 1.86 bits per heavy atom. The molecule has 1 atom stereocenters. The SMILES string of the molecule is Cl.NCC1CCN(CC(=O)NC(=O)NC2CCCCC2)C1. The monoisotopic (exact) mass is 318 g/mol. The molecule has 6 nitrogen and oxygen atoms in total. The zero-order valence-corrected chi connectivity index (χ0v) is 13.3. The average molecular weight is 319 g/mol. The number of rotatable bonds is 4. The van der Waals surface area contributed by atoms with Crippen molar-refractivity contribution in [1.82, 2.24) is 15.5 Å². The number of nitrogens with two attached hydrogens (primary N) is 1. The van der Waals surface area contributed by atoms with Crippen LogP contribution >= 0.6 is 12.4 Å². The summed E-state index contributed by atoms with van der Waals surface area (Å²) in [5.74, 6) is 0.259. The van der Waals surface area contributed by atoms with Gasteiger partial charge in [0.25, 0.3) is 0 Å². The Labute approximate surface area is 132 Å². The molecule has 21 heavy (non-hydrogen) atoms. The van der Waals surface area contributed by atoms with Gasteiger partial charge in [0.05, 0.1) is 6.54 Å². The average Bonchev–Trinajstić information content (AvgIpc) is 2.87. The standard InChI is InChI=1S/C14H26N4O2.ClH/c15-8-11-6-7-18(9-11)10-13(19)17-14(20)16-12-4-2-1-3-5-12;/h11-12H,1-10,15H2,(H2,16,17,19,20);1H. The third kappa shape index (κ3) is 6.20. The van der Waals surface area contributed by atoms with E-state index in [1.165, 1.54) is 6.42 Å². The van der Waals surface area contributed by atoms with Gasteiger partial charge >= 0.3 is 6.03 Å². The van der Waals surface area contributed by atoms with Gasteiger partial charge in [-0.05, 0) is 38.3 Å². The highest BCUT2D eigenvalue weighted by molar-refractivity contribution is 5.95.